The Balaban J connectivity index is 1.75. The van der Waals surface area contributed by atoms with Crippen molar-refractivity contribution in [3.8, 4) is 0 Å². The molecule has 0 bridgehead atoms. The number of halogens is 3. The van der Waals surface area contributed by atoms with E-state index in [1.807, 2.05) is 0 Å². The van der Waals surface area contributed by atoms with E-state index in [9.17, 15) is 21.2 Å². The molecule has 0 fully saturated rings. The molecule has 0 saturated carbocycles. The first-order valence-corrected chi connectivity index (χ1v) is 14.2. The summed E-state index contributed by atoms with van der Waals surface area (Å²) in [6.45, 7) is 0. The van der Waals surface area contributed by atoms with Gasteiger partial charge in [0.2, 0.25) is 0 Å². The summed E-state index contributed by atoms with van der Waals surface area (Å²) >= 11 is 12.3. The number of nitrogens with one attached hydrogen (secondary N) is 2. The molecule has 37 heavy (non-hydrogen) atoms. The number of nitrogens with zero attached hydrogens (tertiary/aromatic N) is 1. The Hall–Kier alpha value is -3.44. The van der Waals surface area contributed by atoms with Crippen molar-refractivity contribution in [2.45, 2.75) is 9.79 Å². The highest BCUT2D eigenvalue weighted by atomic mass is 35.5. The van der Waals surface area contributed by atoms with Crippen LogP contribution in [0.25, 0.3) is 0 Å². The van der Waals surface area contributed by atoms with Gasteiger partial charge in [-0.25, -0.2) is 12.8 Å². The molecule has 4 aromatic rings. The molecule has 0 aliphatic carbocycles. The number of benzene rings is 4. The van der Waals surface area contributed by atoms with Crippen molar-refractivity contribution in [1.29, 1.82) is 0 Å². The van der Waals surface area contributed by atoms with Gasteiger partial charge >= 0.3 is 0 Å². The Kier molecular flexibility index (Phi) is 7.84. The number of amidine groups is 1. The molecule has 0 aliphatic heterocycles. The average molecular weight is 578 g/mol. The zero-order valence-electron chi connectivity index (χ0n) is 18.8. The fraction of sp³-hybridized carbons (Fsp3) is 0. The van der Waals surface area contributed by atoms with E-state index in [-0.39, 0.29) is 42.6 Å². The Morgan fingerprint density at radius 2 is 1.41 bits per heavy atom. The van der Waals surface area contributed by atoms with Crippen LogP contribution in [-0.4, -0.2) is 22.7 Å². The van der Waals surface area contributed by atoms with Gasteiger partial charge < -0.3 is 5.32 Å². The highest BCUT2D eigenvalue weighted by molar-refractivity contribution is 7.93. The van der Waals surface area contributed by atoms with E-state index in [1.54, 1.807) is 30.3 Å². The maximum Gasteiger partial charge on any atom is 0.284 e. The van der Waals surface area contributed by atoms with Crippen LogP contribution in [0.3, 0.4) is 0 Å². The third-order valence-electron chi connectivity index (χ3n) is 4.97. The summed E-state index contributed by atoms with van der Waals surface area (Å²) in [7, 11) is -8.36. The van der Waals surface area contributed by atoms with Gasteiger partial charge in [0, 0.05) is 11.3 Å². The van der Waals surface area contributed by atoms with Gasteiger partial charge in [-0.3, -0.25) is 4.72 Å². The third-order valence-corrected chi connectivity index (χ3v) is 8.44. The lowest BCUT2D eigenvalue weighted by Gasteiger charge is -2.14. The molecule has 0 heterocycles. The molecule has 4 aromatic carbocycles. The van der Waals surface area contributed by atoms with Crippen LogP contribution < -0.4 is 10.0 Å². The van der Waals surface area contributed by atoms with Crippen molar-refractivity contribution in [2.75, 3.05) is 10.0 Å². The quantitative estimate of drug-likeness (QED) is 0.201. The second-order valence-electron chi connectivity index (χ2n) is 7.59. The van der Waals surface area contributed by atoms with Gasteiger partial charge in [0.1, 0.15) is 10.7 Å². The lowest BCUT2D eigenvalue weighted by molar-refractivity contribution is 0.597. The van der Waals surface area contributed by atoms with Crippen molar-refractivity contribution >= 4 is 60.5 Å². The summed E-state index contributed by atoms with van der Waals surface area (Å²) in [5.74, 6) is -0.687. The van der Waals surface area contributed by atoms with Crippen LogP contribution in [0.1, 0.15) is 5.56 Å². The first kappa shape index (κ1) is 26.6. The molecule has 4 rings (SSSR count). The van der Waals surface area contributed by atoms with E-state index in [0.29, 0.717) is 0 Å². The van der Waals surface area contributed by atoms with Gasteiger partial charge in [0.05, 0.1) is 20.6 Å². The van der Waals surface area contributed by atoms with Crippen LogP contribution in [0, 0.1) is 5.82 Å². The van der Waals surface area contributed by atoms with Crippen LogP contribution in [0.5, 0.6) is 0 Å². The summed E-state index contributed by atoms with van der Waals surface area (Å²) in [5, 5.41) is 2.93. The normalized spacial score (nSPS) is 12.2. The summed E-state index contributed by atoms with van der Waals surface area (Å²) in [6, 6.07) is 22.8. The fourth-order valence-corrected chi connectivity index (χ4v) is 6.03. The van der Waals surface area contributed by atoms with Crippen molar-refractivity contribution in [3.63, 3.8) is 0 Å². The second-order valence-corrected chi connectivity index (χ2v) is 11.7. The molecular weight excluding hydrogens is 560 g/mol. The van der Waals surface area contributed by atoms with E-state index < -0.39 is 25.9 Å². The largest absolute Gasteiger partial charge is 0.339 e. The molecule has 0 unspecified atom stereocenters. The number of para-hydroxylation sites is 1. The van der Waals surface area contributed by atoms with E-state index in [4.69, 9.17) is 23.2 Å². The average Bonchev–Trinajstić information content (AvgIpc) is 2.87. The molecule has 0 aliphatic rings. The van der Waals surface area contributed by atoms with Crippen LogP contribution in [0.4, 0.5) is 15.8 Å². The number of rotatable bonds is 7. The first-order valence-electron chi connectivity index (χ1n) is 10.5. The minimum Gasteiger partial charge on any atom is -0.339 e. The molecule has 0 saturated heterocycles. The van der Waals surface area contributed by atoms with Crippen molar-refractivity contribution < 1.29 is 21.2 Å². The zero-order chi connectivity index (χ0) is 26.6. The van der Waals surface area contributed by atoms with E-state index >= 15 is 0 Å². The molecule has 190 valence electrons. The highest BCUT2D eigenvalue weighted by Crippen LogP contribution is 2.30. The van der Waals surface area contributed by atoms with Gasteiger partial charge in [-0.05, 0) is 66.7 Å². The van der Waals surface area contributed by atoms with E-state index in [0.717, 1.165) is 12.1 Å². The van der Waals surface area contributed by atoms with Gasteiger partial charge in [-0.1, -0.05) is 53.5 Å². The maximum absolute atomic E-state index is 13.5. The molecule has 0 radical (unpaired) electrons. The van der Waals surface area contributed by atoms with E-state index in [1.165, 1.54) is 54.6 Å². The second kappa shape index (κ2) is 10.9. The Bertz CT molecular complexity index is 1680. The molecule has 0 spiro atoms. The summed E-state index contributed by atoms with van der Waals surface area (Å²) in [5.41, 5.74) is 0.561. The predicted octanol–water partition coefficient (Wildman–Crippen LogP) is 6.18. The molecular formula is C25H18Cl2FN3O4S2. The number of hydrogen-bond acceptors (Lipinski definition) is 4. The molecule has 0 atom stereocenters. The monoisotopic (exact) mass is 577 g/mol. The Morgan fingerprint density at radius 1 is 0.757 bits per heavy atom. The topological polar surface area (TPSA) is 105 Å². The Labute approximate surface area is 223 Å². The predicted molar refractivity (Wildman–Crippen MR) is 144 cm³/mol. The highest BCUT2D eigenvalue weighted by Gasteiger charge is 2.21. The summed E-state index contributed by atoms with van der Waals surface area (Å²) in [6.07, 6.45) is 0. The van der Waals surface area contributed by atoms with Crippen LogP contribution in [0.2, 0.25) is 10.0 Å². The van der Waals surface area contributed by atoms with Gasteiger partial charge in [0.25, 0.3) is 20.0 Å². The lowest BCUT2D eigenvalue weighted by atomic mass is 10.2. The molecule has 7 nitrogen and oxygen atoms in total. The minimum absolute atomic E-state index is 0.0558. The maximum atomic E-state index is 13.5. The SMILES string of the molecule is O=S(=O)(/N=C(/Nc1ccc(Cl)c(S(=O)(=O)Nc2ccccc2Cl)c1)c1ccc(F)cc1)c1ccccc1. The van der Waals surface area contributed by atoms with Crippen molar-refractivity contribution in [2.24, 2.45) is 4.40 Å². The summed E-state index contributed by atoms with van der Waals surface area (Å²) < 4.78 is 71.9. The molecule has 0 amide bonds. The Morgan fingerprint density at radius 3 is 2.08 bits per heavy atom. The molecule has 0 aromatic heterocycles. The van der Waals surface area contributed by atoms with Crippen LogP contribution in [-0.2, 0) is 20.0 Å². The van der Waals surface area contributed by atoms with Crippen molar-refractivity contribution in [3.05, 3.63) is 118 Å². The number of sulfonamides is 2. The van der Waals surface area contributed by atoms with Gasteiger partial charge in [0.15, 0.2) is 5.84 Å². The van der Waals surface area contributed by atoms with Crippen LogP contribution >= 0.6 is 23.2 Å². The van der Waals surface area contributed by atoms with Crippen LogP contribution in [0.15, 0.2) is 111 Å². The van der Waals surface area contributed by atoms with Crippen molar-refractivity contribution in [1.82, 2.24) is 0 Å². The third kappa shape index (κ3) is 6.47. The molecule has 2 N–H and O–H groups in total. The number of hydrogen-bond donors (Lipinski definition) is 2. The fourth-order valence-electron chi connectivity index (χ4n) is 3.19. The van der Waals surface area contributed by atoms with Gasteiger partial charge in [-0.2, -0.15) is 8.42 Å². The lowest BCUT2D eigenvalue weighted by Crippen LogP contribution is -2.18. The standard InChI is InChI=1S/C25H18Cl2FN3O4S2/c26-21-8-4-5-9-23(21)30-37(34,35)24-16-19(14-15-22(24)27)29-25(17-10-12-18(28)13-11-17)31-36(32,33)20-6-2-1-3-7-20/h1-16,30H,(H,29,31). The number of anilines is 2. The summed E-state index contributed by atoms with van der Waals surface area (Å²) in [4.78, 5) is -0.344. The minimum atomic E-state index is -4.19. The van der Waals surface area contributed by atoms with E-state index in [2.05, 4.69) is 14.4 Å². The first-order chi connectivity index (χ1) is 17.5. The smallest absolute Gasteiger partial charge is 0.284 e. The zero-order valence-corrected chi connectivity index (χ0v) is 21.9. The molecule has 12 heteroatoms. The van der Waals surface area contributed by atoms with Gasteiger partial charge in [-0.15, -0.1) is 4.40 Å².